The second kappa shape index (κ2) is 4.97. The van der Waals surface area contributed by atoms with Gasteiger partial charge in [0.25, 0.3) is 0 Å². The summed E-state index contributed by atoms with van der Waals surface area (Å²) in [6, 6.07) is 6.09. The number of carbonyl (C=O) groups is 1. The number of rotatable bonds is 4. The van der Waals surface area contributed by atoms with E-state index in [4.69, 9.17) is 0 Å². The van der Waals surface area contributed by atoms with Crippen molar-refractivity contribution in [3.8, 4) is 0 Å². The van der Waals surface area contributed by atoms with Crippen molar-refractivity contribution in [1.29, 1.82) is 0 Å². The number of Topliss-reactive ketones (excluding diaryl/α,β-unsaturated/α-hetero) is 1. The minimum absolute atomic E-state index is 0.126. The first-order valence-electron chi connectivity index (χ1n) is 5.67. The molecule has 0 N–H and O–H groups in total. The highest BCUT2D eigenvalue weighted by Gasteiger charge is 2.12. The van der Waals surface area contributed by atoms with Crippen LogP contribution in [0.5, 0.6) is 0 Å². The Balaban J connectivity index is 2.25. The van der Waals surface area contributed by atoms with Gasteiger partial charge >= 0.3 is 0 Å². The summed E-state index contributed by atoms with van der Waals surface area (Å²) in [5.74, 6) is -0.126. The van der Waals surface area contributed by atoms with Crippen LogP contribution in [-0.2, 0) is 23.3 Å². The highest BCUT2D eigenvalue weighted by atomic mass is 32.2. The summed E-state index contributed by atoms with van der Waals surface area (Å²) in [4.78, 5) is 12.2. The number of aromatic nitrogens is 2. The van der Waals surface area contributed by atoms with Crippen molar-refractivity contribution in [3.63, 3.8) is 0 Å². The van der Waals surface area contributed by atoms with Gasteiger partial charge in [0.1, 0.15) is 0 Å². The van der Waals surface area contributed by atoms with Crippen LogP contribution in [0.2, 0.25) is 0 Å². The summed E-state index contributed by atoms with van der Waals surface area (Å²) in [5, 5.41) is 3.99. The Bertz CT molecular complexity index is 717. The van der Waals surface area contributed by atoms with Crippen LogP contribution in [0.15, 0.2) is 41.6 Å². The fraction of sp³-hybridized carbons (Fsp3) is 0.231. The molecule has 0 atom stereocenters. The first-order chi connectivity index (χ1) is 8.86. The molecule has 1 heterocycles. The Morgan fingerprint density at radius 1 is 1.37 bits per heavy atom. The largest absolute Gasteiger partial charge is 0.294 e. The van der Waals surface area contributed by atoms with Gasteiger partial charge in [0.15, 0.2) is 15.6 Å². The van der Waals surface area contributed by atoms with Crippen LogP contribution in [-0.4, -0.2) is 30.2 Å². The number of sulfone groups is 1. The van der Waals surface area contributed by atoms with Gasteiger partial charge < -0.3 is 0 Å². The zero-order chi connectivity index (χ0) is 14.0. The summed E-state index contributed by atoms with van der Waals surface area (Å²) in [6.07, 6.45) is 4.72. The molecule has 100 valence electrons. The van der Waals surface area contributed by atoms with Gasteiger partial charge in [0, 0.05) is 31.5 Å². The third kappa shape index (κ3) is 3.29. The maximum absolute atomic E-state index is 12.1. The highest BCUT2D eigenvalue weighted by molar-refractivity contribution is 7.90. The Hall–Kier alpha value is -1.95. The second-order valence-electron chi connectivity index (χ2n) is 4.42. The van der Waals surface area contributed by atoms with E-state index in [1.54, 1.807) is 36.3 Å². The van der Waals surface area contributed by atoms with Crippen molar-refractivity contribution in [1.82, 2.24) is 9.78 Å². The molecule has 0 radical (unpaired) electrons. The van der Waals surface area contributed by atoms with Crippen LogP contribution in [0.4, 0.5) is 0 Å². The van der Waals surface area contributed by atoms with Crippen molar-refractivity contribution in [2.75, 3.05) is 6.26 Å². The molecule has 6 heteroatoms. The average molecular weight is 278 g/mol. The maximum atomic E-state index is 12.1. The molecule has 0 amide bonds. The molecule has 0 aliphatic heterocycles. The Morgan fingerprint density at radius 3 is 2.68 bits per heavy atom. The molecule has 19 heavy (non-hydrogen) atoms. The summed E-state index contributed by atoms with van der Waals surface area (Å²) < 4.78 is 24.5. The molecule has 0 aliphatic carbocycles. The zero-order valence-corrected chi connectivity index (χ0v) is 11.5. The fourth-order valence-corrected chi connectivity index (χ4v) is 2.42. The van der Waals surface area contributed by atoms with Crippen LogP contribution in [0, 0.1) is 0 Å². The van der Waals surface area contributed by atoms with Crippen LogP contribution in [0.3, 0.4) is 0 Å². The minimum atomic E-state index is -3.30. The summed E-state index contributed by atoms with van der Waals surface area (Å²) in [7, 11) is -1.52. The van der Waals surface area contributed by atoms with Crippen molar-refractivity contribution in [2.45, 2.75) is 11.3 Å². The highest BCUT2D eigenvalue weighted by Crippen LogP contribution is 2.13. The van der Waals surface area contributed by atoms with Crippen LogP contribution < -0.4 is 0 Å². The second-order valence-corrected chi connectivity index (χ2v) is 6.44. The number of ketones is 1. The summed E-state index contributed by atoms with van der Waals surface area (Å²) in [6.45, 7) is 0. The molecule has 0 spiro atoms. The topological polar surface area (TPSA) is 69.0 Å². The molecule has 2 aromatic rings. The van der Waals surface area contributed by atoms with E-state index in [2.05, 4.69) is 5.10 Å². The molecular formula is C13H14N2O3S. The third-order valence-electron chi connectivity index (χ3n) is 2.71. The monoisotopic (exact) mass is 278 g/mol. The predicted octanol–water partition coefficient (Wildman–Crippen LogP) is 1.25. The number of aryl methyl sites for hydroxylation is 1. The summed E-state index contributed by atoms with van der Waals surface area (Å²) >= 11 is 0. The lowest BCUT2D eigenvalue weighted by Crippen LogP contribution is -2.05. The lowest BCUT2D eigenvalue weighted by molar-refractivity contribution is 0.0993. The van der Waals surface area contributed by atoms with Gasteiger partial charge in [-0.2, -0.15) is 5.10 Å². The van der Waals surface area contributed by atoms with Crippen LogP contribution >= 0.6 is 0 Å². The normalized spacial score (nSPS) is 11.5. The molecule has 1 aromatic heterocycles. The van der Waals surface area contributed by atoms with Crippen molar-refractivity contribution < 1.29 is 13.2 Å². The van der Waals surface area contributed by atoms with Gasteiger partial charge in [-0.1, -0.05) is 12.1 Å². The van der Waals surface area contributed by atoms with Crippen LogP contribution in [0.25, 0.3) is 0 Å². The van der Waals surface area contributed by atoms with E-state index >= 15 is 0 Å². The van der Waals surface area contributed by atoms with Crippen molar-refractivity contribution in [2.24, 2.45) is 7.05 Å². The van der Waals surface area contributed by atoms with Gasteiger partial charge in [0.2, 0.25) is 0 Å². The lowest BCUT2D eigenvalue weighted by Gasteiger charge is -2.02. The predicted molar refractivity (Wildman–Crippen MR) is 70.8 cm³/mol. The van der Waals surface area contributed by atoms with Gasteiger partial charge in [0.05, 0.1) is 11.1 Å². The first kappa shape index (κ1) is 13.5. The maximum Gasteiger partial charge on any atom is 0.175 e. The smallest absolute Gasteiger partial charge is 0.175 e. The van der Waals surface area contributed by atoms with E-state index in [0.717, 1.165) is 11.8 Å². The molecule has 0 bridgehead atoms. The van der Waals surface area contributed by atoms with Crippen LogP contribution in [0.1, 0.15) is 15.9 Å². The quantitative estimate of drug-likeness (QED) is 0.789. The Kier molecular flexibility index (Phi) is 3.53. The van der Waals surface area contributed by atoms with E-state index in [0.29, 0.717) is 5.56 Å². The molecule has 0 fully saturated rings. The Labute approximate surface area is 111 Å². The molecule has 0 aliphatic rings. The SMILES string of the molecule is Cn1cc(CC(=O)c2cccc(S(C)(=O)=O)c2)cn1. The van der Waals surface area contributed by atoms with E-state index < -0.39 is 9.84 Å². The molecule has 5 nitrogen and oxygen atoms in total. The number of hydrogen-bond acceptors (Lipinski definition) is 4. The lowest BCUT2D eigenvalue weighted by atomic mass is 10.1. The van der Waals surface area contributed by atoms with Gasteiger partial charge in [-0.3, -0.25) is 9.48 Å². The van der Waals surface area contributed by atoms with E-state index in [1.165, 1.54) is 12.1 Å². The fourth-order valence-electron chi connectivity index (χ4n) is 1.75. The summed E-state index contributed by atoms with van der Waals surface area (Å²) in [5.41, 5.74) is 1.20. The van der Waals surface area contributed by atoms with E-state index in [9.17, 15) is 13.2 Å². The molecule has 0 saturated heterocycles. The molecular weight excluding hydrogens is 264 g/mol. The van der Waals surface area contributed by atoms with Crippen molar-refractivity contribution in [3.05, 3.63) is 47.8 Å². The van der Waals surface area contributed by atoms with Gasteiger partial charge in [-0.25, -0.2) is 8.42 Å². The number of nitrogens with zero attached hydrogens (tertiary/aromatic N) is 2. The number of benzene rings is 1. The van der Waals surface area contributed by atoms with Gasteiger partial charge in [-0.15, -0.1) is 0 Å². The van der Waals surface area contributed by atoms with Crippen molar-refractivity contribution >= 4 is 15.6 Å². The van der Waals surface area contributed by atoms with Gasteiger partial charge in [-0.05, 0) is 17.7 Å². The van der Waals surface area contributed by atoms with E-state index in [1.807, 2.05) is 0 Å². The molecule has 0 saturated carbocycles. The Morgan fingerprint density at radius 2 is 2.11 bits per heavy atom. The zero-order valence-electron chi connectivity index (χ0n) is 10.7. The first-order valence-corrected chi connectivity index (χ1v) is 7.56. The third-order valence-corrected chi connectivity index (χ3v) is 3.82. The molecule has 1 aromatic carbocycles. The average Bonchev–Trinajstić information content (AvgIpc) is 2.74. The number of carbonyl (C=O) groups excluding carboxylic acids is 1. The minimum Gasteiger partial charge on any atom is -0.294 e. The standard InChI is InChI=1S/C13H14N2O3S/c1-15-9-10(8-14-15)6-13(16)11-4-3-5-12(7-11)19(2,17)18/h3-5,7-9H,6H2,1-2H3. The molecule has 2 rings (SSSR count). The molecule has 0 unspecified atom stereocenters. The van der Waals surface area contributed by atoms with E-state index in [-0.39, 0.29) is 17.1 Å². The number of hydrogen-bond donors (Lipinski definition) is 0.